The molecule has 2 heterocycles. The second-order valence-electron chi connectivity index (χ2n) is 7.38. The van der Waals surface area contributed by atoms with Crippen LogP contribution in [0.15, 0.2) is 51.3 Å². The Morgan fingerprint density at radius 2 is 2.03 bits per heavy atom. The van der Waals surface area contributed by atoms with Gasteiger partial charge in [-0.25, -0.2) is 4.39 Å². The van der Waals surface area contributed by atoms with Crippen LogP contribution in [-0.4, -0.2) is 21.2 Å². The average molecular weight is 442 g/mol. The fraction of sp³-hybridized carbons (Fsp3) is 0.333. The summed E-state index contributed by atoms with van der Waals surface area (Å²) in [6.07, 6.45) is 1.75. The van der Waals surface area contributed by atoms with Gasteiger partial charge in [-0.1, -0.05) is 49.1 Å². The molecule has 0 bridgehead atoms. The fourth-order valence-corrected chi connectivity index (χ4v) is 5.94. The van der Waals surface area contributed by atoms with Crippen LogP contribution in [0.25, 0.3) is 0 Å². The quantitative estimate of drug-likeness (QED) is 0.699. The number of thioether (sulfide) groups is 1. The lowest BCUT2D eigenvalue weighted by Gasteiger charge is -2.38. The smallest absolute Gasteiger partial charge is 0.219 e. The van der Waals surface area contributed by atoms with E-state index >= 15 is 0 Å². The summed E-state index contributed by atoms with van der Waals surface area (Å²) in [6.45, 7) is 4.14. The van der Waals surface area contributed by atoms with E-state index in [1.807, 2.05) is 0 Å². The number of allylic oxidation sites excluding steroid dienone is 3. The third-order valence-electron chi connectivity index (χ3n) is 5.04. The molecule has 9 heteroatoms. The van der Waals surface area contributed by atoms with Gasteiger partial charge in [0.15, 0.2) is 10.1 Å². The lowest BCUT2D eigenvalue weighted by molar-refractivity contribution is -0.116. The van der Waals surface area contributed by atoms with Crippen LogP contribution in [0.3, 0.4) is 0 Å². The zero-order valence-electron chi connectivity index (χ0n) is 16.6. The molecule has 0 radical (unpaired) electrons. The summed E-state index contributed by atoms with van der Waals surface area (Å²) in [5.74, 6) is -0.749. The van der Waals surface area contributed by atoms with Gasteiger partial charge in [0.05, 0.1) is 17.6 Å². The number of aromatic nitrogens is 2. The number of nitrogens with zero attached hydrogens (tertiary/aromatic N) is 4. The van der Waals surface area contributed by atoms with Crippen LogP contribution in [0.1, 0.15) is 44.6 Å². The van der Waals surface area contributed by atoms with Crippen molar-refractivity contribution in [1.29, 1.82) is 5.26 Å². The maximum atomic E-state index is 13.5. The molecule has 1 aromatic heterocycles. The van der Waals surface area contributed by atoms with E-state index in [1.165, 1.54) is 23.5 Å². The largest absolute Gasteiger partial charge is 0.384 e. The van der Waals surface area contributed by atoms with Crippen LogP contribution in [0.2, 0.25) is 0 Å². The van der Waals surface area contributed by atoms with Gasteiger partial charge in [0.2, 0.25) is 5.13 Å². The molecule has 1 aliphatic heterocycles. The maximum absolute atomic E-state index is 13.5. The van der Waals surface area contributed by atoms with Gasteiger partial charge in [-0.15, -0.1) is 10.2 Å². The zero-order chi connectivity index (χ0) is 21.4. The molecule has 0 saturated heterocycles. The highest BCUT2D eigenvalue weighted by Crippen LogP contribution is 2.47. The number of Topliss-reactive ketones (excluding diaryl/α,β-unsaturated/α-hetero) is 1. The minimum Gasteiger partial charge on any atom is -0.384 e. The lowest BCUT2D eigenvalue weighted by atomic mass is 9.76. The Bertz CT molecular complexity index is 1100. The lowest BCUT2D eigenvalue weighted by Crippen LogP contribution is -2.38. The zero-order valence-corrected chi connectivity index (χ0v) is 18.2. The molecule has 30 heavy (non-hydrogen) atoms. The summed E-state index contributed by atoms with van der Waals surface area (Å²) in [5, 5.41) is 19.4. The first-order chi connectivity index (χ1) is 14.4. The number of benzene rings is 1. The number of ketones is 1. The van der Waals surface area contributed by atoms with E-state index in [-0.39, 0.29) is 23.0 Å². The van der Waals surface area contributed by atoms with E-state index in [9.17, 15) is 14.4 Å². The van der Waals surface area contributed by atoms with Gasteiger partial charge < -0.3 is 5.73 Å². The third kappa shape index (κ3) is 3.61. The van der Waals surface area contributed by atoms with E-state index in [4.69, 9.17) is 5.73 Å². The number of carbonyl (C=O) groups excluding carboxylic acids is 1. The third-order valence-corrected chi connectivity index (χ3v) is 7.04. The van der Waals surface area contributed by atoms with Crippen molar-refractivity contribution in [3.63, 3.8) is 0 Å². The summed E-state index contributed by atoms with van der Waals surface area (Å²) in [5.41, 5.74) is 8.73. The summed E-state index contributed by atoms with van der Waals surface area (Å²) in [7, 11) is 0. The van der Waals surface area contributed by atoms with Crippen LogP contribution >= 0.6 is 23.1 Å². The number of halogens is 1. The SMILES string of the molecule is CC(C)Sc1nnc(N2C(N)=C(C#N)C(c3ccc(F)cc3)C3=C2CCCC3=O)s1. The molecular weight excluding hydrogens is 421 g/mol. The van der Waals surface area contributed by atoms with Gasteiger partial charge in [-0.3, -0.25) is 9.69 Å². The molecule has 0 spiro atoms. The summed E-state index contributed by atoms with van der Waals surface area (Å²) < 4.78 is 14.3. The van der Waals surface area contributed by atoms with Gasteiger partial charge in [0, 0.05) is 22.9 Å². The van der Waals surface area contributed by atoms with E-state index in [1.54, 1.807) is 28.8 Å². The molecule has 0 amide bonds. The van der Waals surface area contributed by atoms with Crippen molar-refractivity contribution in [2.24, 2.45) is 5.73 Å². The standard InChI is InChI=1S/C21H20FN5OS2/c1-11(2)29-21-26-25-20(30-21)27-15-4-3-5-16(28)18(15)17(14(10-23)19(27)24)12-6-8-13(22)9-7-12/h6-9,11,17H,3-5,24H2,1-2H3. The van der Waals surface area contributed by atoms with Gasteiger partial charge in [0.1, 0.15) is 11.6 Å². The van der Waals surface area contributed by atoms with E-state index in [2.05, 4.69) is 30.1 Å². The molecule has 1 aliphatic carbocycles. The Hall–Kier alpha value is -2.70. The number of nitrogens with two attached hydrogens (primary N) is 1. The predicted octanol–water partition coefficient (Wildman–Crippen LogP) is 4.48. The molecule has 2 aliphatic rings. The average Bonchev–Trinajstić information content (AvgIpc) is 3.15. The highest BCUT2D eigenvalue weighted by Gasteiger charge is 2.41. The van der Waals surface area contributed by atoms with Crippen molar-refractivity contribution in [1.82, 2.24) is 10.2 Å². The maximum Gasteiger partial charge on any atom is 0.219 e. The molecule has 2 N–H and O–H groups in total. The Kier molecular flexibility index (Phi) is 5.62. The van der Waals surface area contributed by atoms with Crippen LogP contribution in [-0.2, 0) is 4.79 Å². The number of carbonyl (C=O) groups is 1. The van der Waals surface area contributed by atoms with Gasteiger partial charge >= 0.3 is 0 Å². The predicted molar refractivity (Wildman–Crippen MR) is 115 cm³/mol. The molecule has 1 aromatic carbocycles. The molecule has 0 fully saturated rings. The van der Waals surface area contributed by atoms with Gasteiger partial charge in [-0.05, 0) is 30.5 Å². The first-order valence-corrected chi connectivity index (χ1v) is 11.3. The van der Waals surface area contributed by atoms with Crippen molar-refractivity contribution in [3.8, 4) is 6.07 Å². The molecule has 1 unspecified atom stereocenters. The van der Waals surface area contributed by atoms with Crippen LogP contribution in [0, 0.1) is 17.1 Å². The topological polar surface area (TPSA) is 95.9 Å². The van der Waals surface area contributed by atoms with Crippen LogP contribution < -0.4 is 10.6 Å². The Morgan fingerprint density at radius 1 is 1.30 bits per heavy atom. The molecule has 4 rings (SSSR count). The molecule has 2 aromatic rings. The summed E-state index contributed by atoms with van der Waals surface area (Å²) in [4.78, 5) is 14.7. The van der Waals surface area contributed by atoms with Crippen molar-refractivity contribution >= 4 is 34.0 Å². The van der Waals surface area contributed by atoms with Gasteiger partial charge in [-0.2, -0.15) is 5.26 Å². The van der Waals surface area contributed by atoms with Gasteiger partial charge in [0.25, 0.3) is 0 Å². The number of anilines is 1. The molecule has 1 atom stereocenters. The molecule has 0 saturated carbocycles. The highest BCUT2D eigenvalue weighted by molar-refractivity contribution is 8.01. The molecular formula is C21H20FN5OS2. The number of hydrogen-bond donors (Lipinski definition) is 1. The minimum atomic E-state index is -0.605. The molecule has 154 valence electrons. The first kappa shape index (κ1) is 20.6. The fourth-order valence-electron chi connectivity index (χ4n) is 3.84. The normalized spacial score (nSPS) is 19.4. The monoisotopic (exact) mass is 441 g/mol. The number of rotatable bonds is 4. The van der Waals surface area contributed by atoms with Crippen molar-refractivity contribution in [2.45, 2.75) is 48.6 Å². The summed E-state index contributed by atoms with van der Waals surface area (Å²) >= 11 is 2.99. The minimum absolute atomic E-state index is 0.0166. The number of nitriles is 1. The Morgan fingerprint density at radius 3 is 2.70 bits per heavy atom. The summed E-state index contributed by atoms with van der Waals surface area (Å²) in [6, 6.07) is 8.07. The van der Waals surface area contributed by atoms with Crippen molar-refractivity contribution in [3.05, 3.63) is 58.3 Å². The first-order valence-electron chi connectivity index (χ1n) is 9.62. The van der Waals surface area contributed by atoms with Crippen molar-refractivity contribution in [2.75, 3.05) is 4.90 Å². The Labute approximate surface area is 182 Å². The number of hydrogen-bond acceptors (Lipinski definition) is 8. The van der Waals surface area contributed by atoms with Crippen LogP contribution in [0.5, 0.6) is 0 Å². The Balaban J connectivity index is 1.88. The van der Waals surface area contributed by atoms with Crippen LogP contribution in [0.4, 0.5) is 9.52 Å². The van der Waals surface area contributed by atoms with Crippen molar-refractivity contribution < 1.29 is 9.18 Å². The second kappa shape index (κ2) is 8.20. The molecule has 6 nitrogen and oxygen atoms in total. The van der Waals surface area contributed by atoms with E-state index in [0.29, 0.717) is 40.8 Å². The van der Waals surface area contributed by atoms with E-state index < -0.39 is 5.92 Å². The van der Waals surface area contributed by atoms with E-state index in [0.717, 1.165) is 10.0 Å². The second-order valence-corrected chi connectivity index (χ2v) is 10.2. The highest BCUT2D eigenvalue weighted by atomic mass is 32.2.